The Morgan fingerprint density at radius 3 is 3.00 bits per heavy atom. The lowest BCUT2D eigenvalue weighted by molar-refractivity contribution is -0.133. The van der Waals surface area contributed by atoms with Crippen molar-refractivity contribution in [3.8, 4) is 0 Å². The van der Waals surface area contributed by atoms with Gasteiger partial charge in [0, 0.05) is 11.4 Å². The third-order valence-electron chi connectivity index (χ3n) is 1.89. The summed E-state index contributed by atoms with van der Waals surface area (Å²) in [6.45, 7) is 2.22. The van der Waals surface area contributed by atoms with Gasteiger partial charge in [0.25, 0.3) is 0 Å². The molecule has 0 saturated carbocycles. The largest absolute Gasteiger partial charge is 0.273 e. The summed E-state index contributed by atoms with van der Waals surface area (Å²) in [4.78, 5) is 15.8. The lowest BCUT2D eigenvalue weighted by atomic mass is 10.2. The molecule has 15 heavy (non-hydrogen) atoms. The number of hydrogen-bond acceptors (Lipinski definition) is 2. The fourth-order valence-electron chi connectivity index (χ4n) is 1.07. The van der Waals surface area contributed by atoms with Crippen LogP contribution in [0, 0.1) is 0 Å². The molecular formula is C11H14ClNO2. The highest BCUT2D eigenvalue weighted by molar-refractivity contribution is 6.30. The van der Waals surface area contributed by atoms with Crippen LogP contribution in [0.3, 0.4) is 0 Å². The maximum absolute atomic E-state index is 10.8. The van der Waals surface area contributed by atoms with E-state index in [-0.39, 0.29) is 5.91 Å². The van der Waals surface area contributed by atoms with Gasteiger partial charge in [-0.3, -0.25) is 9.63 Å². The molecule has 0 aromatic heterocycles. The first-order valence-corrected chi connectivity index (χ1v) is 5.25. The number of nitrogens with one attached hydrogen (secondary N) is 1. The number of amides is 1. The predicted molar refractivity (Wildman–Crippen MR) is 59.5 cm³/mol. The van der Waals surface area contributed by atoms with E-state index in [0.29, 0.717) is 18.1 Å². The second-order valence-corrected chi connectivity index (χ2v) is 3.54. The minimum atomic E-state index is -0.110. The average Bonchev–Trinajstić information content (AvgIpc) is 2.24. The van der Waals surface area contributed by atoms with E-state index in [2.05, 4.69) is 5.48 Å². The van der Waals surface area contributed by atoms with Crippen molar-refractivity contribution in [2.75, 3.05) is 6.61 Å². The Labute approximate surface area is 94.3 Å². The zero-order valence-corrected chi connectivity index (χ0v) is 9.38. The molecule has 0 atom stereocenters. The lowest BCUT2D eigenvalue weighted by Crippen LogP contribution is -2.23. The third kappa shape index (κ3) is 4.81. The van der Waals surface area contributed by atoms with Crippen LogP contribution in [0.1, 0.15) is 18.9 Å². The standard InChI is InChI=1S/C11H14ClNO2/c1-2-11(14)13-15-7-6-9-4-3-5-10(12)8-9/h3-5,8H,2,6-7H2,1H3,(H,13,14). The van der Waals surface area contributed by atoms with E-state index in [0.717, 1.165) is 12.0 Å². The Hall–Kier alpha value is -1.06. The van der Waals surface area contributed by atoms with Crippen molar-refractivity contribution < 1.29 is 9.63 Å². The highest BCUT2D eigenvalue weighted by atomic mass is 35.5. The van der Waals surface area contributed by atoms with Crippen LogP contribution in [0.5, 0.6) is 0 Å². The molecule has 0 aliphatic carbocycles. The van der Waals surface area contributed by atoms with E-state index in [9.17, 15) is 4.79 Å². The molecule has 1 amide bonds. The van der Waals surface area contributed by atoms with Gasteiger partial charge in [-0.05, 0) is 24.1 Å². The van der Waals surface area contributed by atoms with Crippen molar-refractivity contribution in [2.24, 2.45) is 0 Å². The first kappa shape index (κ1) is 12.0. The zero-order chi connectivity index (χ0) is 11.1. The number of carbonyl (C=O) groups is 1. The van der Waals surface area contributed by atoms with Gasteiger partial charge in [0.2, 0.25) is 5.91 Å². The normalized spacial score (nSPS) is 10.0. The Kier molecular flexibility index (Phi) is 5.15. The van der Waals surface area contributed by atoms with Gasteiger partial charge >= 0.3 is 0 Å². The van der Waals surface area contributed by atoms with Crippen molar-refractivity contribution in [3.05, 3.63) is 34.9 Å². The zero-order valence-electron chi connectivity index (χ0n) is 8.63. The van der Waals surface area contributed by atoms with Crippen molar-refractivity contribution >= 4 is 17.5 Å². The van der Waals surface area contributed by atoms with Crippen molar-refractivity contribution in [1.82, 2.24) is 5.48 Å². The molecule has 4 heteroatoms. The molecular weight excluding hydrogens is 214 g/mol. The maximum Gasteiger partial charge on any atom is 0.243 e. The summed E-state index contributed by atoms with van der Waals surface area (Å²) >= 11 is 5.82. The van der Waals surface area contributed by atoms with E-state index >= 15 is 0 Å². The molecule has 1 N–H and O–H groups in total. The third-order valence-corrected chi connectivity index (χ3v) is 2.12. The summed E-state index contributed by atoms with van der Waals surface area (Å²) in [7, 11) is 0. The fourth-order valence-corrected chi connectivity index (χ4v) is 1.28. The predicted octanol–water partition coefficient (Wildman–Crippen LogP) is 2.34. The molecule has 0 saturated heterocycles. The molecule has 1 aromatic rings. The molecule has 0 unspecified atom stereocenters. The van der Waals surface area contributed by atoms with Gasteiger partial charge in [0.1, 0.15) is 0 Å². The molecule has 0 radical (unpaired) electrons. The summed E-state index contributed by atoms with van der Waals surface area (Å²) in [5.74, 6) is -0.110. The number of halogens is 1. The molecule has 0 fully saturated rings. The average molecular weight is 228 g/mol. The maximum atomic E-state index is 10.8. The Balaban J connectivity index is 2.23. The number of benzene rings is 1. The number of hydrogen-bond donors (Lipinski definition) is 1. The van der Waals surface area contributed by atoms with Crippen molar-refractivity contribution in [2.45, 2.75) is 19.8 Å². The lowest BCUT2D eigenvalue weighted by Gasteiger charge is -2.04. The molecule has 1 rings (SSSR count). The minimum absolute atomic E-state index is 0.110. The van der Waals surface area contributed by atoms with Crippen LogP contribution in [0.15, 0.2) is 24.3 Å². The summed E-state index contributed by atoms with van der Waals surface area (Å²) in [5.41, 5.74) is 3.44. The summed E-state index contributed by atoms with van der Waals surface area (Å²) in [6, 6.07) is 7.57. The van der Waals surface area contributed by atoms with Gasteiger partial charge in [-0.2, -0.15) is 0 Å². The van der Waals surface area contributed by atoms with Crippen LogP contribution >= 0.6 is 11.6 Å². The highest BCUT2D eigenvalue weighted by Crippen LogP contribution is 2.10. The molecule has 82 valence electrons. The highest BCUT2D eigenvalue weighted by Gasteiger charge is 1.97. The SMILES string of the molecule is CCC(=O)NOCCc1cccc(Cl)c1. The van der Waals surface area contributed by atoms with Gasteiger partial charge in [-0.15, -0.1) is 0 Å². The fraction of sp³-hybridized carbons (Fsp3) is 0.364. The molecule has 3 nitrogen and oxygen atoms in total. The molecule has 0 aliphatic rings. The monoisotopic (exact) mass is 227 g/mol. The van der Waals surface area contributed by atoms with Crippen LogP contribution in [0.25, 0.3) is 0 Å². The molecule has 0 bridgehead atoms. The van der Waals surface area contributed by atoms with Crippen LogP contribution in [-0.4, -0.2) is 12.5 Å². The summed E-state index contributed by atoms with van der Waals surface area (Å²) < 4.78 is 0. The molecule has 0 aliphatic heterocycles. The first-order valence-electron chi connectivity index (χ1n) is 4.87. The van der Waals surface area contributed by atoms with E-state index in [1.54, 1.807) is 6.92 Å². The van der Waals surface area contributed by atoms with Crippen molar-refractivity contribution in [3.63, 3.8) is 0 Å². The van der Waals surface area contributed by atoms with Gasteiger partial charge in [0.15, 0.2) is 0 Å². The van der Waals surface area contributed by atoms with E-state index in [4.69, 9.17) is 16.4 Å². The van der Waals surface area contributed by atoms with E-state index in [1.807, 2.05) is 24.3 Å². The molecule has 1 aromatic carbocycles. The van der Waals surface area contributed by atoms with E-state index < -0.39 is 0 Å². The molecule has 0 spiro atoms. The van der Waals surface area contributed by atoms with Gasteiger partial charge in [0.05, 0.1) is 6.61 Å². The summed E-state index contributed by atoms with van der Waals surface area (Å²) in [6.07, 6.45) is 1.15. The smallest absolute Gasteiger partial charge is 0.243 e. The Morgan fingerprint density at radius 1 is 1.53 bits per heavy atom. The van der Waals surface area contributed by atoms with Gasteiger partial charge in [-0.25, -0.2) is 5.48 Å². The number of rotatable bonds is 5. The number of hydroxylamine groups is 1. The van der Waals surface area contributed by atoms with Crippen LogP contribution < -0.4 is 5.48 Å². The second kappa shape index (κ2) is 6.43. The first-order chi connectivity index (χ1) is 7.22. The quantitative estimate of drug-likeness (QED) is 0.620. The Bertz CT molecular complexity index is 328. The van der Waals surface area contributed by atoms with Crippen molar-refractivity contribution in [1.29, 1.82) is 0 Å². The van der Waals surface area contributed by atoms with Crippen LogP contribution in [-0.2, 0) is 16.1 Å². The topological polar surface area (TPSA) is 38.3 Å². The van der Waals surface area contributed by atoms with E-state index in [1.165, 1.54) is 0 Å². The minimum Gasteiger partial charge on any atom is -0.273 e. The van der Waals surface area contributed by atoms with Gasteiger partial charge in [-0.1, -0.05) is 30.7 Å². The summed E-state index contributed by atoms with van der Waals surface area (Å²) in [5, 5.41) is 0.713. The van der Waals surface area contributed by atoms with Crippen LogP contribution in [0.2, 0.25) is 5.02 Å². The number of carbonyl (C=O) groups excluding carboxylic acids is 1. The van der Waals surface area contributed by atoms with Gasteiger partial charge < -0.3 is 0 Å². The molecule has 0 heterocycles. The Morgan fingerprint density at radius 2 is 2.33 bits per heavy atom. The second-order valence-electron chi connectivity index (χ2n) is 3.11. The van der Waals surface area contributed by atoms with Crippen LogP contribution in [0.4, 0.5) is 0 Å².